The Balaban J connectivity index is 1.81. The van der Waals surface area contributed by atoms with E-state index in [1.807, 2.05) is 51.1 Å². The molecule has 0 fully saturated rings. The lowest BCUT2D eigenvalue weighted by Crippen LogP contribution is -2.53. The van der Waals surface area contributed by atoms with E-state index in [9.17, 15) is 18.0 Å². The highest BCUT2D eigenvalue weighted by atomic mass is 35.5. The monoisotopic (exact) mass is 695 g/mol. The Hall–Kier alpha value is -4.05. The van der Waals surface area contributed by atoms with Crippen LogP contribution in [0.3, 0.4) is 0 Å². The molecule has 0 unspecified atom stereocenters. The molecule has 0 aromatic heterocycles. The average Bonchev–Trinajstić information content (AvgIpc) is 3.06. The molecule has 0 aliphatic rings. The van der Waals surface area contributed by atoms with Gasteiger partial charge in [0.05, 0.1) is 27.7 Å². The third kappa shape index (κ3) is 9.50. The van der Waals surface area contributed by atoms with Crippen molar-refractivity contribution in [1.82, 2.24) is 10.2 Å². The zero-order valence-electron chi connectivity index (χ0n) is 26.8. The van der Waals surface area contributed by atoms with Crippen molar-refractivity contribution in [2.45, 2.75) is 44.7 Å². The fourth-order valence-corrected chi connectivity index (χ4v) is 6.66. The zero-order chi connectivity index (χ0) is 34.1. The van der Waals surface area contributed by atoms with Gasteiger partial charge in [0, 0.05) is 19.5 Å². The molecule has 0 radical (unpaired) electrons. The third-order valence-corrected chi connectivity index (χ3v) is 10.1. The Labute approximate surface area is 287 Å². The van der Waals surface area contributed by atoms with Crippen molar-refractivity contribution >= 4 is 50.7 Å². The smallest absolute Gasteiger partial charge is 0.264 e. The van der Waals surface area contributed by atoms with E-state index in [4.69, 9.17) is 27.9 Å². The summed E-state index contributed by atoms with van der Waals surface area (Å²) in [5.74, 6) is -0.240. The van der Waals surface area contributed by atoms with E-state index in [0.29, 0.717) is 27.9 Å². The summed E-state index contributed by atoms with van der Waals surface area (Å²) in [7, 11) is -2.71. The molecule has 4 aromatic carbocycles. The number of ether oxygens (including phenoxy) is 1. The summed E-state index contributed by atoms with van der Waals surface area (Å²) < 4.78 is 34.7. The maximum Gasteiger partial charge on any atom is 0.264 e. The molecule has 0 saturated heterocycles. The van der Waals surface area contributed by atoms with Crippen LogP contribution in [0.15, 0.2) is 102 Å². The van der Waals surface area contributed by atoms with Crippen LogP contribution in [-0.4, -0.2) is 51.4 Å². The molecule has 11 heteroatoms. The molecule has 2 amide bonds. The van der Waals surface area contributed by atoms with E-state index < -0.39 is 28.5 Å². The molecule has 4 aromatic rings. The number of benzene rings is 4. The molecule has 0 aliphatic heterocycles. The fraction of sp³-hybridized carbons (Fsp3) is 0.278. The number of anilines is 1. The van der Waals surface area contributed by atoms with Crippen molar-refractivity contribution in [2.24, 2.45) is 5.92 Å². The highest BCUT2D eigenvalue weighted by molar-refractivity contribution is 7.92. The molecule has 47 heavy (non-hydrogen) atoms. The number of methoxy groups -OCH3 is 1. The average molecular weight is 697 g/mol. The Morgan fingerprint density at radius 2 is 1.51 bits per heavy atom. The minimum atomic E-state index is -4.22. The lowest BCUT2D eigenvalue weighted by atomic mass is 10.0. The van der Waals surface area contributed by atoms with Crippen LogP contribution in [0.1, 0.15) is 30.5 Å². The summed E-state index contributed by atoms with van der Waals surface area (Å²) in [5, 5.41) is 3.62. The van der Waals surface area contributed by atoms with Gasteiger partial charge in [-0.25, -0.2) is 8.42 Å². The summed E-state index contributed by atoms with van der Waals surface area (Å²) in [6, 6.07) is 26.2. The van der Waals surface area contributed by atoms with Crippen molar-refractivity contribution in [1.29, 1.82) is 0 Å². The lowest BCUT2D eigenvalue weighted by Gasteiger charge is -2.34. The number of rotatable bonds is 14. The molecule has 248 valence electrons. The van der Waals surface area contributed by atoms with E-state index in [1.54, 1.807) is 54.6 Å². The largest absolute Gasteiger partial charge is 0.497 e. The normalized spacial score (nSPS) is 12.0. The van der Waals surface area contributed by atoms with Crippen LogP contribution in [0.4, 0.5) is 5.69 Å². The molecule has 0 aliphatic carbocycles. The topological polar surface area (TPSA) is 96.0 Å². The molecule has 0 bridgehead atoms. The van der Waals surface area contributed by atoms with Gasteiger partial charge in [0.1, 0.15) is 18.3 Å². The van der Waals surface area contributed by atoms with E-state index in [0.717, 1.165) is 15.4 Å². The van der Waals surface area contributed by atoms with E-state index in [2.05, 4.69) is 5.32 Å². The summed E-state index contributed by atoms with van der Waals surface area (Å²) in [5.41, 5.74) is 2.61. The fourth-order valence-electron chi connectivity index (χ4n) is 4.93. The predicted molar refractivity (Wildman–Crippen MR) is 187 cm³/mol. The Morgan fingerprint density at radius 1 is 0.851 bits per heavy atom. The van der Waals surface area contributed by atoms with Crippen LogP contribution in [-0.2, 0) is 32.6 Å². The number of nitrogens with one attached hydrogen (secondary N) is 1. The quantitative estimate of drug-likeness (QED) is 0.155. The van der Waals surface area contributed by atoms with Crippen LogP contribution >= 0.6 is 23.2 Å². The van der Waals surface area contributed by atoms with Crippen molar-refractivity contribution in [3.8, 4) is 5.75 Å². The Kier molecular flexibility index (Phi) is 12.3. The number of carbonyl (C=O) groups excluding carboxylic acids is 2. The standard InChI is InChI=1S/C36H39Cl2N3O5S/c1-25(2)22-39-36(43)34(21-27-8-6-5-7-9-27)40(23-28-12-19-32(37)33(38)20-28)35(42)24-41(29-13-15-30(46-4)16-14-29)47(44,45)31-17-10-26(3)11-18-31/h5-20,25,34H,21-24H2,1-4H3,(H,39,43)/t34-/m1/s1. The Morgan fingerprint density at radius 3 is 2.11 bits per heavy atom. The van der Waals surface area contributed by atoms with Gasteiger partial charge in [0.2, 0.25) is 11.8 Å². The number of hydrogen-bond acceptors (Lipinski definition) is 5. The summed E-state index contributed by atoms with van der Waals surface area (Å²) in [4.78, 5) is 29.9. The van der Waals surface area contributed by atoms with Gasteiger partial charge in [0.25, 0.3) is 10.0 Å². The molecule has 0 spiro atoms. The van der Waals surface area contributed by atoms with Gasteiger partial charge >= 0.3 is 0 Å². The van der Waals surface area contributed by atoms with Crippen molar-refractivity contribution < 1.29 is 22.7 Å². The third-order valence-electron chi connectivity index (χ3n) is 7.54. The zero-order valence-corrected chi connectivity index (χ0v) is 29.1. The van der Waals surface area contributed by atoms with Crippen LogP contribution in [0.25, 0.3) is 0 Å². The SMILES string of the molecule is COc1ccc(N(CC(=O)N(Cc2ccc(Cl)c(Cl)c2)[C@H](Cc2ccccc2)C(=O)NCC(C)C)S(=O)(=O)c2ccc(C)cc2)cc1. The first kappa shape index (κ1) is 35.8. The second-order valence-corrected chi connectivity index (χ2v) is 14.3. The number of halogens is 2. The highest BCUT2D eigenvalue weighted by Crippen LogP contribution is 2.28. The van der Waals surface area contributed by atoms with Gasteiger partial charge < -0.3 is 15.0 Å². The van der Waals surface area contributed by atoms with Gasteiger partial charge in [-0.2, -0.15) is 0 Å². The second kappa shape index (κ2) is 16.2. The van der Waals surface area contributed by atoms with Crippen molar-refractivity contribution in [2.75, 3.05) is 24.5 Å². The number of aryl methyl sites for hydroxylation is 1. The number of hydrogen-bond donors (Lipinski definition) is 1. The molecule has 0 heterocycles. The number of amides is 2. The summed E-state index contributed by atoms with van der Waals surface area (Å²) in [6.07, 6.45) is 0.199. The van der Waals surface area contributed by atoms with Gasteiger partial charge in [-0.15, -0.1) is 0 Å². The van der Waals surface area contributed by atoms with Crippen molar-refractivity contribution in [3.63, 3.8) is 0 Å². The molecule has 0 saturated carbocycles. The van der Waals surface area contributed by atoms with Gasteiger partial charge in [-0.3, -0.25) is 13.9 Å². The van der Waals surface area contributed by atoms with Crippen molar-refractivity contribution in [3.05, 3.63) is 124 Å². The first-order valence-electron chi connectivity index (χ1n) is 15.2. The molecular weight excluding hydrogens is 657 g/mol. The summed E-state index contributed by atoms with van der Waals surface area (Å²) >= 11 is 12.5. The minimum absolute atomic E-state index is 0.0245. The minimum Gasteiger partial charge on any atom is -0.497 e. The molecule has 1 N–H and O–H groups in total. The lowest BCUT2D eigenvalue weighted by molar-refractivity contribution is -0.140. The van der Waals surface area contributed by atoms with E-state index >= 15 is 0 Å². The van der Waals surface area contributed by atoms with Gasteiger partial charge in [0.15, 0.2) is 0 Å². The van der Waals surface area contributed by atoms with Crippen LogP contribution in [0.5, 0.6) is 5.75 Å². The molecular formula is C36H39Cl2N3O5S. The van der Waals surface area contributed by atoms with Gasteiger partial charge in [-0.1, -0.05) is 91.1 Å². The first-order valence-corrected chi connectivity index (χ1v) is 17.4. The van der Waals surface area contributed by atoms with E-state index in [1.165, 1.54) is 24.1 Å². The maximum atomic E-state index is 14.6. The second-order valence-electron chi connectivity index (χ2n) is 11.6. The molecule has 8 nitrogen and oxygen atoms in total. The Bertz CT molecular complexity index is 1770. The predicted octanol–water partition coefficient (Wildman–Crippen LogP) is 6.92. The number of sulfonamides is 1. The first-order chi connectivity index (χ1) is 22.4. The van der Waals surface area contributed by atoms with Crippen LogP contribution in [0.2, 0.25) is 10.0 Å². The summed E-state index contributed by atoms with van der Waals surface area (Å²) in [6.45, 7) is 5.62. The van der Waals surface area contributed by atoms with Crippen LogP contribution in [0, 0.1) is 12.8 Å². The maximum absolute atomic E-state index is 14.6. The molecule has 1 atom stereocenters. The highest BCUT2D eigenvalue weighted by Gasteiger charge is 2.34. The molecule has 4 rings (SSSR count). The van der Waals surface area contributed by atoms with Gasteiger partial charge in [-0.05, 0) is 72.5 Å². The number of carbonyl (C=O) groups is 2. The van der Waals surface area contributed by atoms with E-state index in [-0.39, 0.29) is 35.4 Å². The van der Waals surface area contributed by atoms with Crippen LogP contribution < -0.4 is 14.4 Å². The number of nitrogens with zero attached hydrogens (tertiary/aromatic N) is 2.